The third-order valence-electron chi connectivity index (χ3n) is 5.03. The molecule has 2 fully saturated rings. The fourth-order valence-corrected chi connectivity index (χ4v) is 3.45. The van der Waals surface area contributed by atoms with Gasteiger partial charge in [-0.25, -0.2) is 0 Å². The van der Waals surface area contributed by atoms with Crippen LogP contribution in [0.3, 0.4) is 0 Å². The highest BCUT2D eigenvalue weighted by Gasteiger charge is 2.57. The van der Waals surface area contributed by atoms with Gasteiger partial charge in [-0.3, -0.25) is 4.79 Å². The molecular weight excluding hydrogens is 276 g/mol. The molecule has 0 radical (unpaired) electrons. The van der Waals surface area contributed by atoms with Gasteiger partial charge >= 0.3 is 0 Å². The number of amides is 1. The summed E-state index contributed by atoms with van der Waals surface area (Å²) in [7, 11) is 0. The van der Waals surface area contributed by atoms with E-state index in [4.69, 9.17) is 4.74 Å². The quantitative estimate of drug-likeness (QED) is 0.877. The fourth-order valence-electron chi connectivity index (χ4n) is 3.45. The molecule has 1 saturated carbocycles. The minimum Gasteiger partial charge on any atom is -0.489 e. The van der Waals surface area contributed by atoms with Gasteiger partial charge in [0, 0.05) is 5.92 Å². The van der Waals surface area contributed by atoms with Crippen molar-refractivity contribution >= 4 is 5.91 Å². The van der Waals surface area contributed by atoms with Gasteiger partial charge in [-0.15, -0.1) is 0 Å². The zero-order valence-corrected chi connectivity index (χ0v) is 13.5. The van der Waals surface area contributed by atoms with Crippen LogP contribution in [-0.2, 0) is 4.79 Å². The van der Waals surface area contributed by atoms with Crippen LogP contribution in [0.2, 0.25) is 0 Å². The average Bonchev–Trinajstić information content (AvgIpc) is 3.21. The lowest BCUT2D eigenvalue weighted by atomic mass is 9.92. The maximum atomic E-state index is 12.3. The molecule has 4 nitrogen and oxygen atoms in total. The van der Waals surface area contributed by atoms with Crippen LogP contribution in [0.4, 0.5) is 0 Å². The fraction of sp³-hybridized carbons (Fsp3) is 0.611. The Bertz CT molecular complexity index is 520. The minimum atomic E-state index is -0.0191. The standard InChI is InChI=1S/C18H26N2O2/c1-13-3-5-15(6-4-13)22-14(2)12-20-17(21)16-11-18(16)7-9-19-10-8-18/h3-6,14,16,19H,7-12H2,1-2H3,(H,20,21). The monoisotopic (exact) mass is 302 g/mol. The van der Waals surface area contributed by atoms with Gasteiger partial charge < -0.3 is 15.4 Å². The molecule has 1 aliphatic carbocycles. The smallest absolute Gasteiger partial charge is 0.223 e. The van der Waals surface area contributed by atoms with Crippen molar-refractivity contribution in [3.05, 3.63) is 29.8 Å². The van der Waals surface area contributed by atoms with Gasteiger partial charge in [0.15, 0.2) is 0 Å². The highest BCUT2D eigenvalue weighted by molar-refractivity contribution is 5.82. The molecule has 1 aromatic carbocycles. The molecule has 1 heterocycles. The molecule has 2 N–H and O–H groups in total. The zero-order valence-electron chi connectivity index (χ0n) is 13.5. The number of rotatable bonds is 5. The second-order valence-electron chi connectivity index (χ2n) is 6.86. The van der Waals surface area contributed by atoms with E-state index in [1.165, 1.54) is 5.56 Å². The third kappa shape index (κ3) is 3.43. The van der Waals surface area contributed by atoms with E-state index in [9.17, 15) is 4.79 Å². The van der Waals surface area contributed by atoms with Gasteiger partial charge in [0.05, 0.1) is 6.54 Å². The molecule has 1 aromatic rings. The van der Waals surface area contributed by atoms with Gasteiger partial charge in [-0.1, -0.05) is 17.7 Å². The van der Waals surface area contributed by atoms with Crippen molar-refractivity contribution in [2.24, 2.45) is 11.3 Å². The van der Waals surface area contributed by atoms with Gasteiger partial charge in [0.2, 0.25) is 5.91 Å². The number of carbonyl (C=O) groups excluding carboxylic acids is 1. The molecule has 0 bridgehead atoms. The van der Waals surface area contributed by atoms with E-state index in [-0.39, 0.29) is 17.9 Å². The molecule has 120 valence electrons. The molecule has 1 saturated heterocycles. The van der Waals surface area contributed by atoms with E-state index in [0.29, 0.717) is 12.0 Å². The number of ether oxygens (including phenoxy) is 1. The van der Waals surface area contributed by atoms with E-state index in [1.807, 2.05) is 31.2 Å². The van der Waals surface area contributed by atoms with Crippen LogP contribution in [0.1, 0.15) is 31.7 Å². The van der Waals surface area contributed by atoms with E-state index >= 15 is 0 Å². The predicted octanol–water partition coefficient (Wildman–Crippen LogP) is 2.27. The average molecular weight is 302 g/mol. The van der Waals surface area contributed by atoms with Crippen molar-refractivity contribution in [3.63, 3.8) is 0 Å². The third-order valence-corrected chi connectivity index (χ3v) is 5.03. The second kappa shape index (κ2) is 6.29. The van der Waals surface area contributed by atoms with Crippen LogP contribution in [0.5, 0.6) is 5.75 Å². The Kier molecular flexibility index (Phi) is 4.39. The SMILES string of the molecule is Cc1ccc(OC(C)CNC(=O)C2CC23CCNCC3)cc1. The maximum Gasteiger partial charge on any atom is 0.223 e. The van der Waals surface area contributed by atoms with Crippen LogP contribution < -0.4 is 15.4 Å². The van der Waals surface area contributed by atoms with E-state index < -0.39 is 0 Å². The summed E-state index contributed by atoms with van der Waals surface area (Å²) in [5.41, 5.74) is 1.52. The van der Waals surface area contributed by atoms with Gasteiger partial charge in [0.25, 0.3) is 0 Å². The Labute approximate surface area is 132 Å². The summed E-state index contributed by atoms with van der Waals surface area (Å²) in [5.74, 6) is 1.29. The Hall–Kier alpha value is -1.55. The summed E-state index contributed by atoms with van der Waals surface area (Å²) < 4.78 is 5.83. The molecule has 0 aromatic heterocycles. The van der Waals surface area contributed by atoms with Gasteiger partial charge in [-0.2, -0.15) is 0 Å². The highest BCUT2D eigenvalue weighted by atomic mass is 16.5. The van der Waals surface area contributed by atoms with Crippen molar-refractivity contribution in [2.75, 3.05) is 19.6 Å². The lowest BCUT2D eigenvalue weighted by molar-refractivity contribution is -0.123. The number of hydrogen-bond donors (Lipinski definition) is 2. The van der Waals surface area contributed by atoms with Crippen molar-refractivity contribution in [1.29, 1.82) is 0 Å². The number of nitrogens with one attached hydrogen (secondary N) is 2. The molecule has 3 rings (SSSR count). The normalized spacial score (nSPS) is 23.8. The summed E-state index contributed by atoms with van der Waals surface area (Å²) >= 11 is 0. The first-order valence-electron chi connectivity index (χ1n) is 8.31. The van der Waals surface area contributed by atoms with Crippen LogP contribution in [0.25, 0.3) is 0 Å². The number of aryl methyl sites for hydroxylation is 1. The van der Waals surface area contributed by atoms with Crippen molar-refractivity contribution in [1.82, 2.24) is 10.6 Å². The number of hydrogen-bond acceptors (Lipinski definition) is 3. The summed E-state index contributed by atoms with van der Waals surface area (Å²) in [6, 6.07) is 8.01. The van der Waals surface area contributed by atoms with Crippen LogP contribution in [0.15, 0.2) is 24.3 Å². The Balaban J connectivity index is 1.42. The van der Waals surface area contributed by atoms with Gasteiger partial charge in [-0.05, 0) is 63.7 Å². The zero-order chi connectivity index (χ0) is 15.6. The lowest BCUT2D eigenvalue weighted by Gasteiger charge is -2.23. The Morgan fingerprint density at radius 2 is 2.05 bits per heavy atom. The molecule has 2 atom stereocenters. The molecule has 2 unspecified atom stereocenters. The topological polar surface area (TPSA) is 50.4 Å². The van der Waals surface area contributed by atoms with E-state index in [1.54, 1.807) is 0 Å². The molecular formula is C18H26N2O2. The summed E-state index contributed by atoms with van der Waals surface area (Å²) in [5, 5.41) is 6.43. The summed E-state index contributed by atoms with van der Waals surface area (Å²) in [4.78, 5) is 12.3. The van der Waals surface area contributed by atoms with Gasteiger partial charge in [0.1, 0.15) is 11.9 Å². The first-order valence-corrected chi connectivity index (χ1v) is 8.31. The van der Waals surface area contributed by atoms with Crippen LogP contribution >= 0.6 is 0 Å². The minimum absolute atomic E-state index is 0.0191. The number of piperidine rings is 1. The van der Waals surface area contributed by atoms with Crippen LogP contribution in [-0.4, -0.2) is 31.6 Å². The predicted molar refractivity (Wildman–Crippen MR) is 86.9 cm³/mol. The van der Waals surface area contributed by atoms with E-state index in [0.717, 1.165) is 38.1 Å². The van der Waals surface area contributed by atoms with E-state index in [2.05, 4.69) is 17.6 Å². The summed E-state index contributed by atoms with van der Waals surface area (Å²) in [6.45, 7) is 6.72. The van der Waals surface area contributed by atoms with Crippen LogP contribution in [0, 0.1) is 18.3 Å². The van der Waals surface area contributed by atoms with Crippen molar-refractivity contribution in [3.8, 4) is 5.75 Å². The second-order valence-corrected chi connectivity index (χ2v) is 6.86. The largest absolute Gasteiger partial charge is 0.489 e. The molecule has 1 spiro atoms. The molecule has 2 aliphatic rings. The lowest BCUT2D eigenvalue weighted by Crippen LogP contribution is -2.37. The molecule has 1 aliphatic heterocycles. The number of carbonyl (C=O) groups is 1. The maximum absolute atomic E-state index is 12.3. The highest BCUT2D eigenvalue weighted by Crippen LogP contribution is 2.58. The van der Waals surface area contributed by atoms with Crippen molar-refractivity contribution in [2.45, 2.75) is 39.2 Å². The molecule has 22 heavy (non-hydrogen) atoms. The summed E-state index contributed by atoms with van der Waals surface area (Å²) in [6.07, 6.45) is 3.32. The Morgan fingerprint density at radius 1 is 1.36 bits per heavy atom. The molecule has 4 heteroatoms. The number of benzene rings is 1. The molecule has 1 amide bonds. The Morgan fingerprint density at radius 3 is 2.73 bits per heavy atom. The van der Waals surface area contributed by atoms with Crippen molar-refractivity contribution < 1.29 is 9.53 Å². The first-order chi connectivity index (χ1) is 10.6. The first kappa shape index (κ1) is 15.3.